The summed E-state index contributed by atoms with van der Waals surface area (Å²) in [4.78, 5) is 28.3. The van der Waals surface area contributed by atoms with Crippen molar-refractivity contribution in [2.75, 3.05) is 0 Å². The maximum atomic E-state index is 12.6. The van der Waals surface area contributed by atoms with Gasteiger partial charge in [-0.25, -0.2) is 9.67 Å². The lowest BCUT2D eigenvalue weighted by molar-refractivity contribution is -0.129. The lowest BCUT2D eigenvalue weighted by Gasteiger charge is -2.23. The molecule has 0 saturated heterocycles. The highest BCUT2D eigenvalue weighted by Crippen LogP contribution is 2.28. The van der Waals surface area contributed by atoms with Gasteiger partial charge in [-0.2, -0.15) is 5.10 Å². The summed E-state index contributed by atoms with van der Waals surface area (Å²) in [6.45, 7) is 1.84. The molecule has 2 aromatic heterocycles. The molecule has 1 fully saturated rings. The Morgan fingerprint density at radius 1 is 1.32 bits per heavy atom. The number of nitrogens with zero attached hydrogens (tertiary/aromatic N) is 3. The van der Waals surface area contributed by atoms with Crippen molar-refractivity contribution >= 4 is 11.8 Å². The summed E-state index contributed by atoms with van der Waals surface area (Å²) in [5.41, 5.74) is 0.932. The molecule has 1 saturated carbocycles. The van der Waals surface area contributed by atoms with Gasteiger partial charge in [0, 0.05) is 32.1 Å². The van der Waals surface area contributed by atoms with Crippen molar-refractivity contribution in [3.05, 3.63) is 42.4 Å². The number of hydrogen-bond acceptors (Lipinski definition) is 4. The maximum absolute atomic E-state index is 12.6. The van der Waals surface area contributed by atoms with Crippen LogP contribution in [-0.2, 0) is 16.1 Å². The average Bonchev–Trinajstić information content (AvgIpc) is 3.31. The van der Waals surface area contributed by atoms with Gasteiger partial charge in [0.05, 0.1) is 0 Å². The van der Waals surface area contributed by atoms with Crippen molar-refractivity contribution < 1.29 is 9.59 Å². The molecule has 1 aliphatic rings. The Balaban J connectivity index is 1.64. The first kappa shape index (κ1) is 17.1. The second-order valence-corrected chi connectivity index (χ2v) is 6.41. The second-order valence-electron chi connectivity index (χ2n) is 6.41. The van der Waals surface area contributed by atoms with E-state index < -0.39 is 6.04 Å². The molecular weight excluding hydrogens is 318 g/mol. The van der Waals surface area contributed by atoms with Crippen LogP contribution in [0.15, 0.2) is 36.8 Å². The second kappa shape index (κ2) is 7.92. The van der Waals surface area contributed by atoms with Gasteiger partial charge < -0.3 is 10.6 Å². The van der Waals surface area contributed by atoms with Gasteiger partial charge in [0.2, 0.25) is 11.8 Å². The van der Waals surface area contributed by atoms with Crippen LogP contribution in [0, 0.1) is 5.92 Å². The van der Waals surface area contributed by atoms with E-state index in [4.69, 9.17) is 0 Å². The standard InChI is InChI=1S/C18H23N5O2/c1-13(24)22-17(15-5-2-3-6-15)18(25)20-12-14-7-9-19-16(11-14)23-10-4-8-21-23/h4,7-11,15,17H,2-3,5-6,12H2,1H3,(H,20,25)(H,22,24)/t17-/m0/s1. The van der Waals surface area contributed by atoms with E-state index in [0.29, 0.717) is 12.4 Å². The summed E-state index contributed by atoms with van der Waals surface area (Å²) in [6, 6.07) is 5.12. The van der Waals surface area contributed by atoms with Crippen LogP contribution in [0.4, 0.5) is 0 Å². The molecule has 0 radical (unpaired) electrons. The van der Waals surface area contributed by atoms with Crippen LogP contribution < -0.4 is 10.6 Å². The number of aromatic nitrogens is 3. The summed E-state index contributed by atoms with van der Waals surface area (Å²) in [5, 5.41) is 9.91. The third-order valence-corrected chi connectivity index (χ3v) is 4.53. The molecule has 3 rings (SSSR count). The highest BCUT2D eigenvalue weighted by Gasteiger charge is 2.31. The predicted octanol–water partition coefficient (Wildman–Crippen LogP) is 1.58. The van der Waals surface area contributed by atoms with Gasteiger partial charge in [-0.1, -0.05) is 12.8 Å². The minimum absolute atomic E-state index is 0.125. The highest BCUT2D eigenvalue weighted by atomic mass is 16.2. The number of amides is 2. The number of carbonyl (C=O) groups excluding carboxylic acids is 2. The van der Waals surface area contributed by atoms with Crippen LogP contribution in [0.1, 0.15) is 38.2 Å². The molecule has 1 aliphatic carbocycles. The first-order valence-corrected chi connectivity index (χ1v) is 8.63. The Morgan fingerprint density at radius 2 is 2.12 bits per heavy atom. The van der Waals surface area contributed by atoms with Crippen molar-refractivity contribution in [2.24, 2.45) is 5.92 Å². The van der Waals surface area contributed by atoms with Crippen molar-refractivity contribution in [2.45, 2.75) is 45.2 Å². The van der Waals surface area contributed by atoms with E-state index in [1.54, 1.807) is 17.1 Å². The van der Waals surface area contributed by atoms with E-state index in [2.05, 4.69) is 20.7 Å². The fraction of sp³-hybridized carbons (Fsp3) is 0.444. The molecule has 1 atom stereocenters. The highest BCUT2D eigenvalue weighted by molar-refractivity contribution is 5.87. The van der Waals surface area contributed by atoms with E-state index in [1.165, 1.54) is 6.92 Å². The van der Waals surface area contributed by atoms with E-state index in [9.17, 15) is 9.59 Å². The number of rotatable bonds is 6. The van der Waals surface area contributed by atoms with E-state index in [1.807, 2.05) is 24.4 Å². The zero-order chi connectivity index (χ0) is 17.6. The molecular formula is C18H23N5O2. The van der Waals surface area contributed by atoms with Crippen molar-refractivity contribution in [1.29, 1.82) is 0 Å². The zero-order valence-electron chi connectivity index (χ0n) is 14.3. The molecule has 2 N–H and O–H groups in total. The van der Waals surface area contributed by atoms with Crippen molar-refractivity contribution in [3.63, 3.8) is 0 Å². The van der Waals surface area contributed by atoms with Gasteiger partial charge in [-0.3, -0.25) is 9.59 Å². The first-order chi connectivity index (χ1) is 12.1. The lowest BCUT2D eigenvalue weighted by Crippen LogP contribution is -2.49. The van der Waals surface area contributed by atoms with Crippen LogP contribution in [0.25, 0.3) is 5.82 Å². The third-order valence-electron chi connectivity index (χ3n) is 4.53. The normalized spacial score (nSPS) is 15.7. The van der Waals surface area contributed by atoms with Crippen LogP contribution >= 0.6 is 0 Å². The smallest absolute Gasteiger partial charge is 0.243 e. The molecule has 7 heteroatoms. The molecule has 0 aliphatic heterocycles. The summed E-state index contributed by atoms with van der Waals surface area (Å²) in [6.07, 6.45) is 9.40. The molecule has 0 aromatic carbocycles. The molecule has 25 heavy (non-hydrogen) atoms. The van der Waals surface area contributed by atoms with Gasteiger partial charge in [0.25, 0.3) is 0 Å². The summed E-state index contributed by atoms with van der Waals surface area (Å²) in [5.74, 6) is 0.628. The molecule has 132 valence electrons. The molecule has 2 heterocycles. The van der Waals surface area contributed by atoms with Gasteiger partial charge in [-0.15, -0.1) is 0 Å². The quantitative estimate of drug-likeness (QED) is 0.835. The monoisotopic (exact) mass is 341 g/mol. The Labute approximate surface area is 146 Å². The summed E-state index contributed by atoms with van der Waals surface area (Å²) < 4.78 is 1.67. The number of pyridine rings is 1. The van der Waals surface area contributed by atoms with Gasteiger partial charge in [0.15, 0.2) is 5.82 Å². The molecule has 2 amide bonds. The van der Waals surface area contributed by atoms with Crippen LogP contribution in [0.3, 0.4) is 0 Å². The van der Waals surface area contributed by atoms with Crippen molar-refractivity contribution in [3.8, 4) is 5.82 Å². The Bertz CT molecular complexity index is 723. The van der Waals surface area contributed by atoms with E-state index >= 15 is 0 Å². The van der Waals surface area contributed by atoms with E-state index in [-0.39, 0.29) is 17.7 Å². The SMILES string of the molecule is CC(=O)N[C@H](C(=O)NCc1ccnc(-n2cccn2)c1)C1CCCC1. The maximum Gasteiger partial charge on any atom is 0.243 e. The molecule has 0 bridgehead atoms. The van der Waals surface area contributed by atoms with Crippen molar-refractivity contribution in [1.82, 2.24) is 25.4 Å². The number of hydrogen-bond donors (Lipinski definition) is 2. The van der Waals surface area contributed by atoms with Gasteiger partial charge >= 0.3 is 0 Å². The zero-order valence-corrected chi connectivity index (χ0v) is 14.3. The van der Waals surface area contributed by atoms with E-state index in [0.717, 1.165) is 31.2 Å². The minimum atomic E-state index is -0.451. The van der Waals surface area contributed by atoms with Crippen LogP contribution in [0.5, 0.6) is 0 Å². The van der Waals surface area contributed by atoms with Gasteiger partial charge in [-0.05, 0) is 42.5 Å². The first-order valence-electron chi connectivity index (χ1n) is 8.63. The fourth-order valence-electron chi connectivity index (χ4n) is 3.31. The molecule has 2 aromatic rings. The summed E-state index contributed by atoms with van der Waals surface area (Å²) in [7, 11) is 0. The Kier molecular flexibility index (Phi) is 5.42. The molecule has 0 unspecified atom stereocenters. The third kappa shape index (κ3) is 4.43. The Hall–Kier alpha value is -2.70. The van der Waals surface area contributed by atoms with Gasteiger partial charge in [0.1, 0.15) is 6.04 Å². The topological polar surface area (TPSA) is 88.9 Å². The number of carbonyl (C=O) groups is 2. The Morgan fingerprint density at radius 3 is 2.80 bits per heavy atom. The number of nitrogens with one attached hydrogen (secondary N) is 2. The fourth-order valence-corrected chi connectivity index (χ4v) is 3.31. The summed E-state index contributed by atoms with van der Waals surface area (Å²) >= 11 is 0. The lowest BCUT2D eigenvalue weighted by atomic mass is 9.97. The van der Waals surface area contributed by atoms with Crippen LogP contribution in [-0.4, -0.2) is 32.6 Å². The largest absolute Gasteiger partial charge is 0.350 e. The average molecular weight is 341 g/mol. The minimum Gasteiger partial charge on any atom is -0.350 e. The molecule has 0 spiro atoms. The van der Waals surface area contributed by atoms with Crippen LogP contribution in [0.2, 0.25) is 0 Å². The molecule has 7 nitrogen and oxygen atoms in total. The predicted molar refractivity (Wildman–Crippen MR) is 92.8 cm³/mol.